The number of rotatable bonds is 6. The van der Waals surface area contributed by atoms with Gasteiger partial charge in [0, 0.05) is 29.5 Å². The number of hydrogen-bond donors (Lipinski definition) is 4. The zero-order chi connectivity index (χ0) is 23.2. The lowest BCUT2D eigenvalue weighted by Crippen LogP contribution is -2.41. The van der Waals surface area contributed by atoms with E-state index in [0.29, 0.717) is 22.6 Å². The molecule has 0 atom stereocenters. The van der Waals surface area contributed by atoms with Gasteiger partial charge in [-0.3, -0.25) is 25.2 Å². The Morgan fingerprint density at radius 2 is 1.61 bits per heavy atom. The van der Waals surface area contributed by atoms with E-state index in [1.54, 1.807) is 42.1 Å². The quantitative estimate of drug-likeness (QED) is 0.258. The highest BCUT2D eigenvalue weighted by molar-refractivity contribution is 7.98. The molecule has 1 aromatic heterocycles. The fourth-order valence-corrected chi connectivity index (χ4v) is 3.94. The van der Waals surface area contributed by atoms with Crippen LogP contribution in [-0.2, 0) is 10.5 Å². The van der Waals surface area contributed by atoms with Crippen LogP contribution in [0.25, 0.3) is 11.0 Å². The van der Waals surface area contributed by atoms with Gasteiger partial charge in [-0.1, -0.05) is 42.1 Å². The second-order valence-corrected chi connectivity index (χ2v) is 8.18. The zero-order valence-electron chi connectivity index (χ0n) is 17.7. The molecule has 8 nitrogen and oxygen atoms in total. The number of nitrogens with one attached hydrogen (secondary N) is 4. The molecule has 9 heteroatoms. The highest BCUT2D eigenvalue weighted by Gasteiger charge is 2.10. The number of hydrazine groups is 1. The molecule has 1 heterocycles. The van der Waals surface area contributed by atoms with E-state index in [-0.39, 0.29) is 5.91 Å². The number of hydrogen-bond acceptors (Lipinski definition) is 5. The topological polar surface area (TPSA) is 116 Å². The van der Waals surface area contributed by atoms with E-state index in [2.05, 4.69) is 26.1 Å². The third-order valence-corrected chi connectivity index (χ3v) is 5.64. The van der Waals surface area contributed by atoms with Crippen LogP contribution in [0.4, 0.5) is 5.69 Å². The molecule has 0 fully saturated rings. The number of benzene rings is 3. The van der Waals surface area contributed by atoms with Gasteiger partial charge in [0.15, 0.2) is 5.16 Å². The minimum atomic E-state index is -0.491. The summed E-state index contributed by atoms with van der Waals surface area (Å²) < 4.78 is 0. The van der Waals surface area contributed by atoms with Crippen LogP contribution in [0.1, 0.15) is 33.2 Å². The summed E-state index contributed by atoms with van der Waals surface area (Å²) in [5.74, 6) is -0.462. The van der Waals surface area contributed by atoms with Gasteiger partial charge in [-0.15, -0.1) is 0 Å². The van der Waals surface area contributed by atoms with E-state index in [9.17, 15) is 14.4 Å². The van der Waals surface area contributed by atoms with Crippen molar-refractivity contribution in [3.05, 3.63) is 89.5 Å². The monoisotopic (exact) mass is 459 g/mol. The second kappa shape index (κ2) is 10.0. The minimum absolute atomic E-state index is 0.236. The predicted molar refractivity (Wildman–Crippen MR) is 128 cm³/mol. The van der Waals surface area contributed by atoms with Gasteiger partial charge in [-0.05, 0) is 48.0 Å². The van der Waals surface area contributed by atoms with Crippen LogP contribution < -0.4 is 16.2 Å². The first-order chi connectivity index (χ1) is 16.0. The maximum absolute atomic E-state index is 12.4. The van der Waals surface area contributed by atoms with Gasteiger partial charge in [0.1, 0.15) is 0 Å². The molecule has 0 unspecified atom stereocenters. The Hall–Kier alpha value is -4.11. The van der Waals surface area contributed by atoms with E-state index < -0.39 is 11.8 Å². The van der Waals surface area contributed by atoms with E-state index >= 15 is 0 Å². The molecule has 0 aliphatic carbocycles. The third kappa shape index (κ3) is 5.78. The number of thioether (sulfide) groups is 1. The van der Waals surface area contributed by atoms with Gasteiger partial charge in [-0.25, -0.2) is 4.98 Å². The number of aromatic amines is 1. The summed E-state index contributed by atoms with van der Waals surface area (Å²) in [5, 5.41) is 3.45. The summed E-state index contributed by atoms with van der Waals surface area (Å²) in [6.07, 6.45) is 0. The molecule has 0 saturated carbocycles. The average molecular weight is 460 g/mol. The fourth-order valence-electron chi connectivity index (χ4n) is 3.10. The van der Waals surface area contributed by atoms with Crippen LogP contribution in [0, 0.1) is 0 Å². The maximum atomic E-state index is 12.4. The van der Waals surface area contributed by atoms with E-state index in [0.717, 1.165) is 21.8 Å². The second-order valence-electron chi connectivity index (χ2n) is 7.21. The van der Waals surface area contributed by atoms with Crippen molar-refractivity contribution in [3.63, 3.8) is 0 Å². The number of carbonyl (C=O) groups excluding carboxylic acids is 3. The van der Waals surface area contributed by atoms with Crippen molar-refractivity contribution in [2.75, 3.05) is 5.32 Å². The summed E-state index contributed by atoms with van der Waals surface area (Å²) in [5.41, 5.74) is 8.97. The summed E-state index contributed by atoms with van der Waals surface area (Å²) >= 11 is 1.58. The molecular formula is C24H21N5O3S. The molecule has 4 aromatic rings. The molecule has 4 N–H and O–H groups in total. The lowest BCUT2D eigenvalue weighted by molar-refractivity contribution is -0.114. The number of anilines is 1. The van der Waals surface area contributed by atoms with Gasteiger partial charge in [-0.2, -0.15) is 0 Å². The standard InChI is InChI=1S/C24H21N5O3S/c1-15(30)25-19-6-4-5-18(13-19)23(32)29-28-22(31)17-11-9-16(10-12-17)14-33-24-26-20-7-2-3-8-21(20)27-24/h2-13H,14H2,1H3,(H,25,30)(H,26,27)(H,28,31)(H,29,32). The number of H-pyrrole nitrogens is 1. The van der Waals surface area contributed by atoms with Crippen molar-refractivity contribution in [3.8, 4) is 0 Å². The lowest BCUT2D eigenvalue weighted by Gasteiger charge is -2.09. The average Bonchev–Trinajstić information content (AvgIpc) is 3.24. The van der Waals surface area contributed by atoms with Crippen molar-refractivity contribution in [2.45, 2.75) is 17.8 Å². The molecule has 0 spiro atoms. The Labute approximate surface area is 194 Å². The number of carbonyl (C=O) groups is 3. The van der Waals surface area contributed by atoms with E-state index in [4.69, 9.17) is 0 Å². The number of imidazole rings is 1. The smallest absolute Gasteiger partial charge is 0.269 e. The van der Waals surface area contributed by atoms with Crippen molar-refractivity contribution in [2.24, 2.45) is 0 Å². The Balaban J connectivity index is 1.30. The number of amides is 3. The Bertz CT molecular complexity index is 1280. The molecule has 3 amide bonds. The van der Waals surface area contributed by atoms with Gasteiger partial charge >= 0.3 is 0 Å². The largest absolute Gasteiger partial charge is 0.333 e. The molecule has 0 radical (unpaired) electrons. The summed E-state index contributed by atoms with van der Waals surface area (Å²) in [4.78, 5) is 43.7. The number of aromatic nitrogens is 2. The van der Waals surface area contributed by atoms with Gasteiger partial charge in [0.05, 0.1) is 11.0 Å². The van der Waals surface area contributed by atoms with E-state index in [1.165, 1.54) is 13.0 Å². The Morgan fingerprint density at radius 1 is 0.879 bits per heavy atom. The van der Waals surface area contributed by atoms with Crippen LogP contribution >= 0.6 is 11.8 Å². The molecule has 3 aromatic carbocycles. The van der Waals surface area contributed by atoms with Crippen molar-refractivity contribution in [1.82, 2.24) is 20.8 Å². The van der Waals surface area contributed by atoms with Crippen LogP contribution in [0.3, 0.4) is 0 Å². The molecule has 0 saturated heterocycles. The minimum Gasteiger partial charge on any atom is -0.333 e. The zero-order valence-corrected chi connectivity index (χ0v) is 18.5. The number of para-hydroxylation sites is 2. The molecule has 0 aliphatic rings. The number of fused-ring (bicyclic) bond motifs is 1. The molecule has 33 heavy (non-hydrogen) atoms. The highest BCUT2D eigenvalue weighted by Crippen LogP contribution is 2.23. The van der Waals surface area contributed by atoms with Crippen molar-refractivity contribution < 1.29 is 14.4 Å². The summed E-state index contributed by atoms with van der Waals surface area (Å²) in [7, 11) is 0. The lowest BCUT2D eigenvalue weighted by atomic mass is 10.1. The van der Waals surface area contributed by atoms with Gasteiger partial charge < -0.3 is 10.3 Å². The van der Waals surface area contributed by atoms with Crippen molar-refractivity contribution in [1.29, 1.82) is 0 Å². The normalized spacial score (nSPS) is 10.6. The van der Waals surface area contributed by atoms with Crippen molar-refractivity contribution >= 4 is 46.2 Å². The molecule has 0 bridgehead atoms. The Kier molecular flexibility index (Phi) is 6.70. The number of nitrogens with zero attached hydrogens (tertiary/aromatic N) is 1. The van der Waals surface area contributed by atoms with Crippen LogP contribution in [0.15, 0.2) is 78.0 Å². The fraction of sp³-hybridized carbons (Fsp3) is 0.0833. The first-order valence-corrected chi connectivity index (χ1v) is 11.1. The van der Waals surface area contributed by atoms with E-state index in [1.807, 2.05) is 36.4 Å². The maximum Gasteiger partial charge on any atom is 0.269 e. The van der Waals surface area contributed by atoms with Crippen LogP contribution in [-0.4, -0.2) is 27.7 Å². The molecule has 4 rings (SSSR count). The first-order valence-electron chi connectivity index (χ1n) is 10.1. The predicted octanol–water partition coefficient (Wildman–Crippen LogP) is 3.89. The molecule has 166 valence electrons. The highest BCUT2D eigenvalue weighted by atomic mass is 32.2. The van der Waals surface area contributed by atoms with Crippen LogP contribution in [0.5, 0.6) is 0 Å². The first kappa shape index (κ1) is 22.1. The molecular weight excluding hydrogens is 438 g/mol. The summed E-state index contributed by atoms with van der Waals surface area (Å²) in [6.45, 7) is 1.38. The van der Waals surface area contributed by atoms with Crippen LogP contribution in [0.2, 0.25) is 0 Å². The van der Waals surface area contributed by atoms with Gasteiger partial charge in [0.2, 0.25) is 5.91 Å². The SMILES string of the molecule is CC(=O)Nc1cccc(C(=O)NNC(=O)c2ccc(CSc3nc4ccccc4[nH]3)cc2)c1. The summed E-state index contributed by atoms with van der Waals surface area (Å²) in [6, 6.07) is 21.4. The van der Waals surface area contributed by atoms with Gasteiger partial charge in [0.25, 0.3) is 11.8 Å². The Morgan fingerprint density at radius 3 is 2.33 bits per heavy atom. The third-order valence-electron chi connectivity index (χ3n) is 4.69. The molecule has 0 aliphatic heterocycles.